The maximum absolute atomic E-state index is 10.8. The van der Waals surface area contributed by atoms with Crippen molar-refractivity contribution in [3.05, 3.63) is 34.9 Å². The highest BCUT2D eigenvalue weighted by Crippen LogP contribution is 2.27. The van der Waals surface area contributed by atoms with Crippen LogP contribution >= 0.6 is 11.6 Å². The molecule has 0 radical (unpaired) electrons. The number of aromatic nitrogens is 2. The van der Waals surface area contributed by atoms with Crippen molar-refractivity contribution in [3.63, 3.8) is 0 Å². The van der Waals surface area contributed by atoms with Gasteiger partial charge in [0.1, 0.15) is 5.82 Å². The smallest absolute Gasteiger partial charge is 0.155 e. The van der Waals surface area contributed by atoms with Crippen molar-refractivity contribution in [3.8, 4) is 0 Å². The first-order chi connectivity index (χ1) is 7.43. The van der Waals surface area contributed by atoms with Crippen molar-refractivity contribution >= 4 is 23.4 Å². The van der Waals surface area contributed by atoms with Crippen LogP contribution in [0.4, 0.5) is 0 Å². The zero-order valence-corrected chi connectivity index (χ0v) is 10.2. The summed E-state index contributed by atoms with van der Waals surface area (Å²) in [4.78, 5) is 15.1. The van der Waals surface area contributed by atoms with Crippen molar-refractivity contribution in [2.75, 3.05) is 0 Å². The molecule has 2 aromatic rings. The lowest BCUT2D eigenvalue weighted by Crippen LogP contribution is -2.15. The summed E-state index contributed by atoms with van der Waals surface area (Å²) in [6, 6.07) is 3.55. The number of fused-ring (bicyclic) bond motifs is 1. The van der Waals surface area contributed by atoms with E-state index in [1.54, 1.807) is 12.3 Å². The van der Waals surface area contributed by atoms with Crippen LogP contribution < -0.4 is 0 Å². The van der Waals surface area contributed by atoms with E-state index in [9.17, 15) is 4.79 Å². The fourth-order valence-electron chi connectivity index (χ4n) is 1.66. The molecule has 0 unspecified atom stereocenters. The molecule has 4 heteroatoms. The van der Waals surface area contributed by atoms with Gasteiger partial charge in [-0.15, -0.1) is 0 Å². The van der Waals surface area contributed by atoms with Gasteiger partial charge in [0.25, 0.3) is 0 Å². The molecule has 0 aromatic carbocycles. The number of hydrogen-bond donors (Lipinski definition) is 0. The molecule has 0 aliphatic heterocycles. The standard InChI is InChI=1S/C12H13ClN2O/c1-12(2,3)11-14-10(13)9-5-4-8(7-16)6-15(9)11/h4-7H,1-3H3. The maximum Gasteiger partial charge on any atom is 0.155 e. The molecule has 3 nitrogen and oxygen atoms in total. The van der Waals surface area contributed by atoms with E-state index < -0.39 is 0 Å². The average Bonchev–Trinajstić information content (AvgIpc) is 2.55. The molecule has 84 valence electrons. The number of nitrogens with zero attached hydrogens (tertiary/aromatic N) is 2. The summed E-state index contributed by atoms with van der Waals surface area (Å²) in [7, 11) is 0. The Kier molecular flexibility index (Phi) is 2.50. The number of pyridine rings is 1. The normalized spacial score (nSPS) is 12.0. The first kappa shape index (κ1) is 11.1. The van der Waals surface area contributed by atoms with E-state index >= 15 is 0 Å². The zero-order valence-electron chi connectivity index (χ0n) is 9.49. The summed E-state index contributed by atoms with van der Waals surface area (Å²) in [5.41, 5.74) is 1.33. The lowest BCUT2D eigenvalue weighted by atomic mass is 9.96. The number of rotatable bonds is 1. The van der Waals surface area contributed by atoms with E-state index in [0.29, 0.717) is 10.7 Å². The van der Waals surface area contributed by atoms with Crippen molar-refractivity contribution in [1.82, 2.24) is 9.38 Å². The van der Waals surface area contributed by atoms with Gasteiger partial charge in [0.15, 0.2) is 11.4 Å². The summed E-state index contributed by atoms with van der Waals surface area (Å²) in [5.74, 6) is 0.858. The second kappa shape index (κ2) is 3.59. The highest BCUT2D eigenvalue weighted by atomic mass is 35.5. The molecule has 0 fully saturated rings. The third kappa shape index (κ3) is 1.71. The summed E-state index contributed by atoms with van der Waals surface area (Å²) in [6.07, 6.45) is 2.58. The second-order valence-electron chi connectivity index (χ2n) is 4.81. The van der Waals surface area contributed by atoms with Crippen molar-refractivity contribution in [2.24, 2.45) is 0 Å². The molecular formula is C12H13ClN2O. The third-order valence-corrected chi connectivity index (χ3v) is 2.70. The Balaban J connectivity index is 2.80. The highest BCUT2D eigenvalue weighted by molar-refractivity contribution is 6.32. The van der Waals surface area contributed by atoms with Gasteiger partial charge in [0.05, 0.1) is 5.52 Å². The molecule has 0 saturated heterocycles. The van der Waals surface area contributed by atoms with E-state index in [-0.39, 0.29) is 5.41 Å². The largest absolute Gasteiger partial charge is 0.301 e. The molecule has 0 aliphatic rings. The Labute approximate surface area is 99.1 Å². The predicted molar refractivity (Wildman–Crippen MR) is 64.3 cm³/mol. The quantitative estimate of drug-likeness (QED) is 0.713. The van der Waals surface area contributed by atoms with Gasteiger partial charge in [0.2, 0.25) is 0 Å². The average molecular weight is 237 g/mol. The van der Waals surface area contributed by atoms with Gasteiger partial charge in [-0.2, -0.15) is 0 Å². The summed E-state index contributed by atoms with van der Waals surface area (Å²) < 4.78 is 1.88. The van der Waals surface area contributed by atoms with Crippen LogP contribution in [0.15, 0.2) is 18.3 Å². The minimum Gasteiger partial charge on any atom is -0.301 e. The topological polar surface area (TPSA) is 34.4 Å². The summed E-state index contributed by atoms with van der Waals surface area (Å²) in [5, 5.41) is 0.474. The number of carbonyl (C=O) groups excluding carboxylic acids is 1. The molecule has 0 amide bonds. The van der Waals surface area contributed by atoms with E-state index in [0.717, 1.165) is 17.6 Å². The van der Waals surface area contributed by atoms with Crippen LogP contribution in [0.2, 0.25) is 5.15 Å². The Morgan fingerprint density at radius 2 is 2.06 bits per heavy atom. The van der Waals surface area contributed by atoms with Crippen molar-refractivity contribution in [2.45, 2.75) is 26.2 Å². The Hall–Kier alpha value is -1.35. The van der Waals surface area contributed by atoms with E-state index in [2.05, 4.69) is 25.8 Å². The molecule has 0 N–H and O–H groups in total. The van der Waals surface area contributed by atoms with Gasteiger partial charge < -0.3 is 4.40 Å². The lowest BCUT2D eigenvalue weighted by molar-refractivity contribution is 0.112. The zero-order chi connectivity index (χ0) is 11.9. The van der Waals surface area contributed by atoms with Gasteiger partial charge in [-0.1, -0.05) is 32.4 Å². The third-order valence-electron chi connectivity index (χ3n) is 2.42. The van der Waals surface area contributed by atoms with Gasteiger partial charge in [-0.05, 0) is 12.1 Å². The molecule has 0 aliphatic carbocycles. The molecule has 0 atom stereocenters. The molecular weight excluding hydrogens is 224 g/mol. The van der Waals surface area contributed by atoms with E-state index in [1.807, 2.05) is 10.5 Å². The van der Waals surface area contributed by atoms with Crippen LogP contribution in [-0.4, -0.2) is 15.7 Å². The Bertz CT molecular complexity index is 552. The monoisotopic (exact) mass is 236 g/mol. The molecule has 2 rings (SSSR count). The van der Waals surface area contributed by atoms with Gasteiger partial charge >= 0.3 is 0 Å². The fourth-order valence-corrected chi connectivity index (χ4v) is 1.90. The van der Waals surface area contributed by atoms with E-state index in [4.69, 9.17) is 11.6 Å². The molecule has 0 spiro atoms. The number of carbonyl (C=O) groups is 1. The van der Waals surface area contributed by atoms with Gasteiger partial charge in [-0.25, -0.2) is 4.98 Å². The molecule has 16 heavy (non-hydrogen) atoms. The van der Waals surface area contributed by atoms with Crippen LogP contribution in [0, 0.1) is 0 Å². The Morgan fingerprint density at radius 1 is 1.38 bits per heavy atom. The van der Waals surface area contributed by atoms with E-state index in [1.165, 1.54) is 0 Å². The van der Waals surface area contributed by atoms with Crippen molar-refractivity contribution in [1.29, 1.82) is 0 Å². The maximum atomic E-state index is 10.8. The second-order valence-corrected chi connectivity index (χ2v) is 5.17. The minimum atomic E-state index is -0.114. The summed E-state index contributed by atoms with van der Waals surface area (Å²) in [6.45, 7) is 6.18. The number of imidazole rings is 1. The molecule has 0 saturated carbocycles. The highest BCUT2D eigenvalue weighted by Gasteiger charge is 2.21. The molecule has 2 aromatic heterocycles. The SMILES string of the molecule is CC(C)(C)c1nc(Cl)c2ccc(C=O)cn12. The predicted octanol–water partition coefficient (Wildman–Crippen LogP) is 3.10. The van der Waals surface area contributed by atoms with Crippen LogP contribution in [0.5, 0.6) is 0 Å². The van der Waals surface area contributed by atoms with Gasteiger partial charge in [0, 0.05) is 17.2 Å². The number of aldehydes is 1. The minimum absolute atomic E-state index is 0.114. The van der Waals surface area contributed by atoms with Crippen LogP contribution in [0.25, 0.3) is 5.52 Å². The summed E-state index contributed by atoms with van der Waals surface area (Å²) >= 11 is 6.06. The molecule has 0 bridgehead atoms. The fraction of sp³-hybridized carbons (Fsp3) is 0.333. The molecule has 2 heterocycles. The first-order valence-electron chi connectivity index (χ1n) is 5.07. The number of halogens is 1. The number of hydrogen-bond acceptors (Lipinski definition) is 2. The lowest BCUT2D eigenvalue weighted by Gasteiger charge is -2.16. The van der Waals surface area contributed by atoms with Crippen LogP contribution in [0.3, 0.4) is 0 Å². The van der Waals surface area contributed by atoms with Crippen LogP contribution in [-0.2, 0) is 5.41 Å². The Morgan fingerprint density at radius 3 is 2.62 bits per heavy atom. The van der Waals surface area contributed by atoms with Gasteiger partial charge in [-0.3, -0.25) is 4.79 Å². The van der Waals surface area contributed by atoms with Crippen LogP contribution in [0.1, 0.15) is 37.0 Å². The first-order valence-corrected chi connectivity index (χ1v) is 5.44. The van der Waals surface area contributed by atoms with Crippen molar-refractivity contribution < 1.29 is 4.79 Å².